The van der Waals surface area contributed by atoms with Crippen molar-refractivity contribution in [2.75, 3.05) is 12.4 Å². The minimum absolute atomic E-state index is 0.176. The summed E-state index contributed by atoms with van der Waals surface area (Å²) in [7, 11) is 2.27. The molecule has 3 saturated heterocycles. The second-order valence-corrected chi connectivity index (χ2v) is 7.49. The van der Waals surface area contributed by atoms with Crippen LogP contribution in [0.25, 0.3) is 0 Å². The molecule has 5 nitrogen and oxygen atoms in total. The Bertz CT molecular complexity index is 629. The monoisotopic (exact) mass is 327 g/mol. The number of carbonyl (C=O) groups is 2. The molecule has 3 unspecified atom stereocenters. The van der Waals surface area contributed by atoms with Crippen LogP contribution in [0, 0.1) is 0 Å². The Balaban J connectivity index is 1.40. The average Bonchev–Trinajstić information content (AvgIpc) is 2.79. The fourth-order valence-corrected chi connectivity index (χ4v) is 4.57. The van der Waals surface area contributed by atoms with Gasteiger partial charge in [0, 0.05) is 24.2 Å². The highest BCUT2D eigenvalue weighted by atomic mass is 16.2. The molecule has 0 radical (unpaired) electrons. The molecule has 1 aromatic rings. The summed E-state index contributed by atoms with van der Waals surface area (Å²) < 4.78 is 0. The minimum atomic E-state index is -0.312. The van der Waals surface area contributed by atoms with E-state index in [0.29, 0.717) is 18.8 Å². The molecule has 3 aliphatic rings. The third-order valence-corrected chi connectivity index (χ3v) is 6.06. The van der Waals surface area contributed by atoms with E-state index in [-0.39, 0.29) is 17.9 Å². The molecule has 3 atom stereocenters. The molecule has 24 heavy (non-hydrogen) atoms. The molecule has 1 aromatic carbocycles. The van der Waals surface area contributed by atoms with Crippen LogP contribution >= 0.6 is 0 Å². The first kappa shape index (κ1) is 15.6. The highest BCUT2D eigenvalue weighted by Crippen LogP contribution is 2.42. The number of carbonyl (C=O) groups excluding carboxylic acids is 2. The predicted molar refractivity (Wildman–Crippen MR) is 92.8 cm³/mol. The topological polar surface area (TPSA) is 61.4 Å². The van der Waals surface area contributed by atoms with Gasteiger partial charge in [-0.1, -0.05) is 12.1 Å². The molecule has 4 rings (SSSR count). The molecule has 2 N–H and O–H groups in total. The van der Waals surface area contributed by atoms with Gasteiger partial charge < -0.3 is 10.2 Å². The van der Waals surface area contributed by atoms with Crippen molar-refractivity contribution >= 4 is 17.5 Å². The van der Waals surface area contributed by atoms with Crippen molar-refractivity contribution < 1.29 is 9.59 Å². The van der Waals surface area contributed by atoms with Crippen molar-refractivity contribution in [3.63, 3.8) is 0 Å². The largest absolute Gasteiger partial charge is 0.374 e. The lowest BCUT2D eigenvalue weighted by Crippen LogP contribution is -2.47. The van der Waals surface area contributed by atoms with Crippen LogP contribution < -0.4 is 10.6 Å². The minimum Gasteiger partial charge on any atom is -0.374 e. The van der Waals surface area contributed by atoms with E-state index in [1.807, 2.05) is 0 Å². The van der Waals surface area contributed by atoms with Crippen LogP contribution in [-0.2, 0) is 9.59 Å². The van der Waals surface area contributed by atoms with Crippen LogP contribution in [0.15, 0.2) is 24.3 Å². The molecule has 2 amide bonds. The lowest BCUT2D eigenvalue weighted by molar-refractivity contribution is -0.133. The first-order chi connectivity index (χ1) is 11.6. The normalized spacial score (nSPS) is 33.4. The second kappa shape index (κ2) is 6.20. The molecule has 3 fully saturated rings. The van der Waals surface area contributed by atoms with Gasteiger partial charge in [0.25, 0.3) is 0 Å². The summed E-state index contributed by atoms with van der Waals surface area (Å²) in [6.07, 6.45) is 6.16. The molecule has 3 aliphatic heterocycles. The van der Waals surface area contributed by atoms with Crippen LogP contribution in [-0.4, -0.2) is 41.9 Å². The lowest BCUT2D eigenvalue weighted by Gasteiger charge is -2.36. The van der Waals surface area contributed by atoms with E-state index in [9.17, 15) is 9.59 Å². The van der Waals surface area contributed by atoms with Crippen molar-refractivity contribution in [2.45, 2.75) is 62.6 Å². The Morgan fingerprint density at radius 2 is 1.71 bits per heavy atom. The molecule has 0 aromatic heterocycles. The second-order valence-electron chi connectivity index (χ2n) is 7.49. The summed E-state index contributed by atoms with van der Waals surface area (Å²) >= 11 is 0. The van der Waals surface area contributed by atoms with Gasteiger partial charge >= 0.3 is 0 Å². The van der Waals surface area contributed by atoms with E-state index in [2.05, 4.69) is 46.8 Å². The number of nitrogens with one attached hydrogen (secondary N) is 2. The van der Waals surface area contributed by atoms with Gasteiger partial charge in [0.1, 0.15) is 6.04 Å². The van der Waals surface area contributed by atoms with Crippen molar-refractivity contribution in [3.8, 4) is 0 Å². The van der Waals surface area contributed by atoms with Crippen LogP contribution in [0.5, 0.6) is 0 Å². The fourth-order valence-electron chi connectivity index (χ4n) is 4.57. The molecule has 0 aliphatic carbocycles. The lowest BCUT2D eigenvalue weighted by atomic mass is 9.85. The average molecular weight is 327 g/mol. The molecule has 128 valence electrons. The number of imide groups is 1. The van der Waals surface area contributed by atoms with E-state index in [4.69, 9.17) is 0 Å². The number of piperidine rings is 2. The SMILES string of the molecule is CN1C2CCC1CC(c1ccc(NC3CCC(=O)NC3=O)cc1)C2. The Morgan fingerprint density at radius 3 is 2.33 bits per heavy atom. The number of fused-ring (bicyclic) bond motifs is 2. The maximum Gasteiger partial charge on any atom is 0.249 e. The summed E-state index contributed by atoms with van der Waals surface area (Å²) in [5.74, 6) is 0.260. The van der Waals surface area contributed by atoms with Crippen LogP contribution in [0.2, 0.25) is 0 Å². The third-order valence-electron chi connectivity index (χ3n) is 6.06. The molecule has 0 saturated carbocycles. The molecular weight excluding hydrogens is 302 g/mol. The summed E-state index contributed by atoms with van der Waals surface area (Å²) in [6, 6.07) is 9.71. The Kier molecular flexibility index (Phi) is 4.04. The maximum absolute atomic E-state index is 11.8. The van der Waals surface area contributed by atoms with Gasteiger partial charge in [0.05, 0.1) is 0 Å². The zero-order chi connectivity index (χ0) is 16.7. The summed E-state index contributed by atoms with van der Waals surface area (Å²) in [5.41, 5.74) is 2.36. The zero-order valence-electron chi connectivity index (χ0n) is 14.1. The van der Waals surface area contributed by atoms with Gasteiger partial charge in [-0.15, -0.1) is 0 Å². The van der Waals surface area contributed by atoms with Gasteiger partial charge in [-0.2, -0.15) is 0 Å². The third kappa shape index (κ3) is 2.93. The van der Waals surface area contributed by atoms with E-state index >= 15 is 0 Å². The fraction of sp³-hybridized carbons (Fsp3) is 0.579. The highest BCUT2D eigenvalue weighted by molar-refractivity contribution is 6.01. The van der Waals surface area contributed by atoms with E-state index in [1.165, 1.54) is 31.2 Å². The van der Waals surface area contributed by atoms with Gasteiger partial charge in [0.15, 0.2) is 0 Å². The number of benzene rings is 1. The Hall–Kier alpha value is -1.88. The number of hydrogen-bond acceptors (Lipinski definition) is 4. The van der Waals surface area contributed by atoms with Gasteiger partial charge in [-0.25, -0.2) is 0 Å². The molecule has 5 heteroatoms. The predicted octanol–water partition coefficient (Wildman–Crippen LogP) is 2.24. The molecular formula is C19H25N3O2. The van der Waals surface area contributed by atoms with E-state index in [1.54, 1.807) is 0 Å². The standard InChI is InChI=1S/C19H25N3O2/c1-22-15-6-7-16(22)11-13(10-15)12-2-4-14(5-3-12)20-17-8-9-18(23)21-19(17)24/h2-5,13,15-17,20H,6-11H2,1H3,(H,21,23,24). The number of rotatable bonds is 3. The van der Waals surface area contributed by atoms with Gasteiger partial charge in [-0.3, -0.25) is 14.9 Å². The van der Waals surface area contributed by atoms with Gasteiger partial charge in [-0.05, 0) is 62.8 Å². The van der Waals surface area contributed by atoms with Crippen molar-refractivity contribution in [1.82, 2.24) is 10.2 Å². The van der Waals surface area contributed by atoms with Crippen molar-refractivity contribution in [2.24, 2.45) is 0 Å². The maximum atomic E-state index is 11.8. The van der Waals surface area contributed by atoms with E-state index in [0.717, 1.165) is 17.8 Å². The molecule has 0 spiro atoms. The summed E-state index contributed by atoms with van der Waals surface area (Å²) in [5, 5.41) is 5.63. The van der Waals surface area contributed by atoms with Gasteiger partial charge in [0.2, 0.25) is 11.8 Å². The van der Waals surface area contributed by atoms with Crippen LogP contribution in [0.4, 0.5) is 5.69 Å². The number of amides is 2. The molecule has 3 heterocycles. The summed E-state index contributed by atoms with van der Waals surface area (Å²) in [6.45, 7) is 0. The van der Waals surface area contributed by atoms with Crippen molar-refractivity contribution in [1.29, 1.82) is 0 Å². The van der Waals surface area contributed by atoms with E-state index < -0.39 is 0 Å². The zero-order valence-corrected chi connectivity index (χ0v) is 14.1. The quantitative estimate of drug-likeness (QED) is 0.836. The number of hydrogen-bond donors (Lipinski definition) is 2. The Morgan fingerprint density at radius 1 is 1.04 bits per heavy atom. The first-order valence-electron chi connectivity index (χ1n) is 9.02. The van der Waals surface area contributed by atoms with Crippen LogP contribution in [0.3, 0.4) is 0 Å². The summed E-state index contributed by atoms with van der Waals surface area (Å²) in [4.78, 5) is 25.6. The smallest absolute Gasteiger partial charge is 0.249 e. The van der Waals surface area contributed by atoms with Crippen LogP contribution in [0.1, 0.15) is 50.0 Å². The van der Waals surface area contributed by atoms with Crippen molar-refractivity contribution in [3.05, 3.63) is 29.8 Å². The number of nitrogens with zero attached hydrogens (tertiary/aromatic N) is 1. The number of anilines is 1. The first-order valence-corrected chi connectivity index (χ1v) is 9.02. The highest BCUT2D eigenvalue weighted by Gasteiger charge is 2.38. The molecule has 2 bridgehead atoms. The Labute approximate surface area is 142 Å².